The highest BCUT2D eigenvalue weighted by Gasteiger charge is 2.65. The molecule has 6 atom stereocenters. The van der Waals surface area contributed by atoms with Crippen LogP contribution >= 0.6 is 11.6 Å². The molecule has 278 valence electrons. The van der Waals surface area contributed by atoms with Gasteiger partial charge in [0.2, 0.25) is 5.79 Å². The molecule has 4 rings (SSSR count). The summed E-state index contributed by atoms with van der Waals surface area (Å²) < 4.78 is 25.3. The number of carbonyl (C=O) groups excluding carboxylic acids is 2. The number of hydrogen-bond donors (Lipinski definition) is 3. The molecule has 3 N–H and O–H groups in total. The molecule has 50 heavy (non-hydrogen) atoms. The first-order valence-corrected chi connectivity index (χ1v) is 18.4. The minimum absolute atomic E-state index is 0.0356. The lowest BCUT2D eigenvalue weighted by Crippen LogP contribution is -2.70. The molecule has 3 aliphatic rings. The standard InChI is InChI=1S/C37H54ClN3O9/c1-5-17-41(36(45)47-21-16-38)32-24-30(40-46-4)28-22-25(12-8-10-18-42)27(13-9-11-19-43)33-29-23-26(49-35(44)39-7-3)14-15-31(29)50-37(32,34(28)33)48-20-6-2/h6,14-15,22-23,25,27,32-34,42-43H,2,5,7-13,16-21,24H2,1,3-4H3,(H,39,44)/t25-,27+,32-,33+,34+,37+/m0/s1. The number of fused-ring (bicyclic) bond motifs is 2. The van der Waals surface area contributed by atoms with Gasteiger partial charge in [0.1, 0.15) is 31.3 Å². The Morgan fingerprint density at radius 1 is 1.18 bits per heavy atom. The van der Waals surface area contributed by atoms with Crippen LogP contribution in [0.25, 0.3) is 0 Å². The number of amides is 2. The van der Waals surface area contributed by atoms with E-state index in [1.54, 1.807) is 23.1 Å². The first-order chi connectivity index (χ1) is 24.3. The fraction of sp³-hybridized carbons (Fsp3) is 0.649. The van der Waals surface area contributed by atoms with Gasteiger partial charge in [0, 0.05) is 44.2 Å². The van der Waals surface area contributed by atoms with Gasteiger partial charge in [-0.05, 0) is 74.6 Å². The monoisotopic (exact) mass is 719 g/mol. The molecule has 0 bridgehead atoms. The molecule has 0 unspecified atom stereocenters. The predicted molar refractivity (Wildman–Crippen MR) is 191 cm³/mol. The molecule has 2 aliphatic carbocycles. The van der Waals surface area contributed by atoms with E-state index in [0.717, 1.165) is 36.8 Å². The van der Waals surface area contributed by atoms with E-state index < -0.39 is 29.9 Å². The third kappa shape index (κ3) is 8.75. The predicted octanol–water partition coefficient (Wildman–Crippen LogP) is 6.15. The number of carbonyl (C=O) groups is 2. The molecule has 1 aliphatic heterocycles. The lowest BCUT2D eigenvalue weighted by Gasteiger charge is -2.59. The molecule has 0 aromatic heterocycles. The van der Waals surface area contributed by atoms with E-state index in [1.165, 1.54) is 7.11 Å². The topological polar surface area (TPSA) is 148 Å². The maximum Gasteiger partial charge on any atom is 0.412 e. The van der Waals surface area contributed by atoms with Crippen molar-refractivity contribution in [1.29, 1.82) is 0 Å². The van der Waals surface area contributed by atoms with Crippen molar-refractivity contribution in [3.05, 3.63) is 48.1 Å². The summed E-state index contributed by atoms with van der Waals surface area (Å²) in [5, 5.41) is 26.7. The summed E-state index contributed by atoms with van der Waals surface area (Å²) in [6.07, 6.45) is 8.27. The molecule has 1 heterocycles. The summed E-state index contributed by atoms with van der Waals surface area (Å²) in [6, 6.07) is 4.68. The molecule has 13 heteroatoms. The van der Waals surface area contributed by atoms with Crippen LogP contribution in [0.2, 0.25) is 0 Å². The van der Waals surface area contributed by atoms with Gasteiger partial charge in [0.25, 0.3) is 0 Å². The Balaban J connectivity index is 2.01. The lowest BCUT2D eigenvalue weighted by atomic mass is 9.55. The molecule has 0 saturated heterocycles. The second-order valence-electron chi connectivity index (χ2n) is 12.9. The van der Waals surface area contributed by atoms with Gasteiger partial charge in [-0.3, -0.25) is 4.90 Å². The number of hydrogen-bond acceptors (Lipinski definition) is 10. The summed E-state index contributed by atoms with van der Waals surface area (Å²) in [7, 11) is 1.51. The number of aliphatic hydroxyl groups is 2. The third-order valence-corrected chi connectivity index (χ3v) is 9.91. The van der Waals surface area contributed by atoms with E-state index in [4.69, 9.17) is 35.4 Å². The highest BCUT2D eigenvalue weighted by atomic mass is 35.5. The van der Waals surface area contributed by atoms with Crippen molar-refractivity contribution >= 4 is 29.5 Å². The highest BCUT2D eigenvalue weighted by Crippen LogP contribution is 2.62. The maximum atomic E-state index is 13.8. The molecule has 2 amide bonds. The fourth-order valence-corrected chi connectivity index (χ4v) is 8.01. The number of nitrogens with one attached hydrogen (secondary N) is 1. The molecule has 1 fully saturated rings. The lowest BCUT2D eigenvalue weighted by molar-refractivity contribution is -0.255. The van der Waals surface area contributed by atoms with E-state index in [1.807, 2.05) is 19.9 Å². The van der Waals surface area contributed by atoms with Crippen LogP contribution < -0.4 is 14.8 Å². The minimum Gasteiger partial charge on any atom is -0.459 e. The summed E-state index contributed by atoms with van der Waals surface area (Å²) in [4.78, 5) is 33.4. The van der Waals surface area contributed by atoms with Gasteiger partial charge in [-0.25, -0.2) is 9.59 Å². The van der Waals surface area contributed by atoms with Crippen molar-refractivity contribution in [2.75, 3.05) is 52.5 Å². The van der Waals surface area contributed by atoms with E-state index >= 15 is 0 Å². The highest BCUT2D eigenvalue weighted by molar-refractivity contribution is 6.18. The summed E-state index contributed by atoms with van der Waals surface area (Å²) in [6.45, 7) is 8.90. The molecular weight excluding hydrogens is 666 g/mol. The number of unbranched alkanes of at least 4 members (excludes halogenated alkanes) is 2. The molecule has 12 nitrogen and oxygen atoms in total. The molecular formula is C37H54ClN3O9. The Kier molecular flexibility index (Phi) is 15.3. The maximum absolute atomic E-state index is 13.8. The second-order valence-corrected chi connectivity index (χ2v) is 13.2. The molecule has 0 spiro atoms. The Labute approximate surface area is 300 Å². The van der Waals surface area contributed by atoms with Gasteiger partial charge in [0.05, 0.1) is 24.1 Å². The first kappa shape index (κ1) is 39.5. The number of benzene rings is 1. The number of ether oxygens (including phenoxy) is 4. The Hall–Kier alpha value is -3.32. The minimum atomic E-state index is -1.40. The Morgan fingerprint density at radius 3 is 2.60 bits per heavy atom. The van der Waals surface area contributed by atoms with Crippen molar-refractivity contribution in [2.24, 2.45) is 22.9 Å². The van der Waals surface area contributed by atoms with Gasteiger partial charge in [-0.2, -0.15) is 0 Å². The van der Waals surface area contributed by atoms with Crippen LogP contribution in [0.5, 0.6) is 11.5 Å². The van der Waals surface area contributed by atoms with Crippen molar-refractivity contribution in [3.63, 3.8) is 0 Å². The van der Waals surface area contributed by atoms with E-state index in [9.17, 15) is 19.8 Å². The first-order valence-electron chi connectivity index (χ1n) is 17.9. The van der Waals surface area contributed by atoms with Gasteiger partial charge < -0.3 is 39.3 Å². The number of alkyl halides is 1. The SMILES string of the molecule is C=CCO[C@@]12Oc3ccc(OC(=O)NCC)cc3[C@H]3[C@H](CCCCO)[C@@H](CCCCO)C=C(C(=NOC)C[C@@H]1N(CCC)C(=O)OCCCl)[C@H]32. The zero-order valence-corrected chi connectivity index (χ0v) is 30.4. The van der Waals surface area contributed by atoms with Crippen molar-refractivity contribution in [3.8, 4) is 11.5 Å². The molecule has 1 aromatic rings. The number of oxime groups is 1. The van der Waals surface area contributed by atoms with Crippen LogP contribution in [-0.2, 0) is 14.3 Å². The van der Waals surface area contributed by atoms with Crippen LogP contribution in [-0.4, -0.2) is 97.3 Å². The number of aliphatic hydroxyl groups excluding tert-OH is 2. The smallest absolute Gasteiger partial charge is 0.412 e. The number of rotatable bonds is 19. The van der Waals surface area contributed by atoms with Crippen LogP contribution in [0.15, 0.2) is 47.7 Å². The zero-order chi connectivity index (χ0) is 36.1. The van der Waals surface area contributed by atoms with Gasteiger partial charge in [0.15, 0.2) is 0 Å². The third-order valence-electron chi connectivity index (χ3n) is 9.76. The van der Waals surface area contributed by atoms with Crippen LogP contribution in [0, 0.1) is 17.8 Å². The molecule has 1 aromatic carbocycles. The van der Waals surface area contributed by atoms with Crippen LogP contribution in [0.4, 0.5) is 9.59 Å². The van der Waals surface area contributed by atoms with Gasteiger partial charge in [-0.15, -0.1) is 18.2 Å². The largest absolute Gasteiger partial charge is 0.459 e. The van der Waals surface area contributed by atoms with Crippen molar-refractivity contribution < 1.29 is 43.6 Å². The van der Waals surface area contributed by atoms with Crippen molar-refractivity contribution in [1.82, 2.24) is 10.2 Å². The summed E-state index contributed by atoms with van der Waals surface area (Å²) in [5.41, 5.74) is 2.45. The number of nitrogens with zero attached hydrogens (tertiary/aromatic N) is 2. The Morgan fingerprint density at radius 2 is 1.94 bits per heavy atom. The van der Waals surface area contributed by atoms with Crippen LogP contribution in [0.1, 0.15) is 76.7 Å². The molecule has 0 radical (unpaired) electrons. The van der Waals surface area contributed by atoms with E-state index in [-0.39, 0.29) is 56.5 Å². The fourth-order valence-electron chi connectivity index (χ4n) is 7.93. The average molecular weight is 720 g/mol. The average Bonchev–Trinajstić information content (AvgIpc) is 3.11. The van der Waals surface area contributed by atoms with Crippen LogP contribution in [0.3, 0.4) is 0 Å². The molecule has 1 saturated carbocycles. The zero-order valence-electron chi connectivity index (χ0n) is 29.6. The van der Waals surface area contributed by atoms with Gasteiger partial charge >= 0.3 is 12.2 Å². The van der Waals surface area contributed by atoms with Gasteiger partial charge in [-0.1, -0.05) is 37.1 Å². The number of allylic oxidation sites excluding steroid dienone is 1. The van der Waals surface area contributed by atoms with E-state index in [2.05, 4.69) is 23.1 Å². The quantitative estimate of drug-likeness (QED) is 0.0663. The number of halogens is 1. The summed E-state index contributed by atoms with van der Waals surface area (Å²) in [5.74, 6) is -0.923. The van der Waals surface area contributed by atoms with Crippen molar-refractivity contribution in [2.45, 2.75) is 83.0 Å². The van der Waals surface area contributed by atoms with E-state index in [0.29, 0.717) is 49.6 Å². The second kappa shape index (κ2) is 19.3. The Bertz CT molecular complexity index is 1360. The normalized spacial score (nSPS) is 25.8. The summed E-state index contributed by atoms with van der Waals surface area (Å²) >= 11 is 5.93.